The SMILES string of the molecule is CCNC(=O)c1cccc(NC(=S)NC(=O)c2cccc(OCCOc3ccccc3)c2)c1. The van der Waals surface area contributed by atoms with Crippen LogP contribution < -0.4 is 25.4 Å². The van der Waals surface area contributed by atoms with Crippen LogP contribution in [-0.2, 0) is 0 Å². The Morgan fingerprint density at radius 2 is 1.42 bits per heavy atom. The molecule has 0 aliphatic heterocycles. The summed E-state index contributed by atoms with van der Waals surface area (Å²) in [5, 5.41) is 8.42. The zero-order valence-corrected chi connectivity index (χ0v) is 19.0. The topological polar surface area (TPSA) is 88.7 Å². The zero-order chi connectivity index (χ0) is 23.5. The largest absolute Gasteiger partial charge is 0.490 e. The minimum Gasteiger partial charge on any atom is -0.490 e. The molecule has 170 valence electrons. The number of carbonyl (C=O) groups is 2. The molecule has 0 radical (unpaired) electrons. The summed E-state index contributed by atoms with van der Waals surface area (Å²) in [5.41, 5.74) is 1.49. The molecule has 0 aliphatic rings. The van der Waals surface area contributed by atoms with Crippen molar-refractivity contribution in [3.63, 3.8) is 0 Å². The van der Waals surface area contributed by atoms with E-state index in [1.807, 2.05) is 37.3 Å². The fraction of sp³-hybridized carbons (Fsp3) is 0.160. The Kier molecular flexibility index (Phi) is 8.79. The van der Waals surface area contributed by atoms with E-state index in [1.165, 1.54) is 0 Å². The molecule has 8 heteroatoms. The van der Waals surface area contributed by atoms with Crippen LogP contribution in [0, 0.1) is 0 Å². The van der Waals surface area contributed by atoms with E-state index in [0.29, 0.717) is 42.3 Å². The van der Waals surface area contributed by atoms with Crippen LogP contribution in [0.15, 0.2) is 78.9 Å². The lowest BCUT2D eigenvalue weighted by Crippen LogP contribution is -2.34. The predicted octanol–water partition coefficient (Wildman–Crippen LogP) is 4.02. The minimum absolute atomic E-state index is 0.121. The summed E-state index contributed by atoms with van der Waals surface area (Å²) in [6.45, 7) is 3.10. The van der Waals surface area contributed by atoms with Gasteiger partial charge in [0.15, 0.2) is 5.11 Å². The van der Waals surface area contributed by atoms with Crippen molar-refractivity contribution in [2.24, 2.45) is 0 Å². The number of hydrogen-bond donors (Lipinski definition) is 3. The van der Waals surface area contributed by atoms with Crippen molar-refractivity contribution in [3.8, 4) is 11.5 Å². The summed E-state index contributed by atoms with van der Waals surface area (Å²) >= 11 is 5.25. The van der Waals surface area contributed by atoms with Crippen molar-refractivity contribution in [1.82, 2.24) is 10.6 Å². The molecule has 0 heterocycles. The van der Waals surface area contributed by atoms with Gasteiger partial charge < -0.3 is 20.1 Å². The number of benzene rings is 3. The lowest BCUT2D eigenvalue weighted by atomic mass is 10.2. The molecular weight excluding hydrogens is 438 g/mol. The Morgan fingerprint density at radius 3 is 2.15 bits per heavy atom. The summed E-state index contributed by atoms with van der Waals surface area (Å²) in [5.74, 6) is 0.764. The van der Waals surface area contributed by atoms with E-state index in [9.17, 15) is 9.59 Å². The van der Waals surface area contributed by atoms with Crippen LogP contribution >= 0.6 is 12.2 Å². The Labute approximate surface area is 198 Å². The minimum atomic E-state index is -0.377. The molecule has 0 aromatic heterocycles. The summed E-state index contributed by atoms with van der Waals surface area (Å²) in [4.78, 5) is 24.6. The van der Waals surface area contributed by atoms with Crippen LogP contribution in [0.4, 0.5) is 5.69 Å². The third-order valence-electron chi connectivity index (χ3n) is 4.41. The highest BCUT2D eigenvalue weighted by molar-refractivity contribution is 7.80. The van der Waals surface area contributed by atoms with Crippen LogP contribution in [0.1, 0.15) is 27.6 Å². The molecule has 0 aliphatic carbocycles. The number of nitrogens with one attached hydrogen (secondary N) is 3. The Bertz CT molecular complexity index is 1110. The highest BCUT2D eigenvalue weighted by Gasteiger charge is 2.10. The van der Waals surface area contributed by atoms with Gasteiger partial charge in [0.05, 0.1) is 0 Å². The van der Waals surface area contributed by atoms with Gasteiger partial charge in [-0.15, -0.1) is 0 Å². The van der Waals surface area contributed by atoms with Gasteiger partial charge in [0, 0.05) is 23.4 Å². The first kappa shape index (κ1) is 23.7. The fourth-order valence-electron chi connectivity index (χ4n) is 2.90. The average Bonchev–Trinajstić information content (AvgIpc) is 2.83. The lowest BCUT2D eigenvalue weighted by Gasteiger charge is -2.12. The smallest absolute Gasteiger partial charge is 0.257 e. The molecule has 3 aromatic carbocycles. The van der Waals surface area contributed by atoms with E-state index in [2.05, 4.69) is 16.0 Å². The van der Waals surface area contributed by atoms with Gasteiger partial charge in [-0.1, -0.05) is 30.3 Å². The van der Waals surface area contributed by atoms with Crippen molar-refractivity contribution in [1.29, 1.82) is 0 Å². The number of amides is 2. The number of anilines is 1. The van der Waals surface area contributed by atoms with Crippen molar-refractivity contribution < 1.29 is 19.1 Å². The maximum Gasteiger partial charge on any atom is 0.257 e. The number of rotatable bonds is 9. The molecule has 7 nitrogen and oxygen atoms in total. The van der Waals surface area contributed by atoms with E-state index in [0.717, 1.165) is 5.75 Å². The van der Waals surface area contributed by atoms with E-state index < -0.39 is 0 Å². The van der Waals surface area contributed by atoms with Crippen molar-refractivity contribution in [2.45, 2.75) is 6.92 Å². The monoisotopic (exact) mass is 463 g/mol. The van der Waals surface area contributed by atoms with Gasteiger partial charge in [-0.2, -0.15) is 0 Å². The van der Waals surface area contributed by atoms with Gasteiger partial charge in [-0.3, -0.25) is 14.9 Å². The summed E-state index contributed by atoms with van der Waals surface area (Å²) in [6.07, 6.45) is 0. The van der Waals surface area contributed by atoms with E-state index >= 15 is 0 Å². The number of hydrogen-bond acceptors (Lipinski definition) is 5. The Hall–Kier alpha value is -3.91. The second-order valence-electron chi connectivity index (χ2n) is 6.89. The summed E-state index contributed by atoms with van der Waals surface area (Å²) in [7, 11) is 0. The molecule has 2 amide bonds. The van der Waals surface area contributed by atoms with Gasteiger partial charge in [0.1, 0.15) is 24.7 Å². The standard InChI is InChI=1S/C25H25N3O4S/c1-2-26-23(29)18-8-6-10-20(16-18)27-25(33)28-24(30)19-9-7-13-22(17-19)32-15-14-31-21-11-4-3-5-12-21/h3-13,16-17H,2,14-15H2,1H3,(H,26,29)(H2,27,28,30,33). The summed E-state index contributed by atoms with van der Waals surface area (Å²) < 4.78 is 11.3. The second-order valence-corrected chi connectivity index (χ2v) is 7.29. The quantitative estimate of drug-likeness (QED) is 0.328. The van der Waals surface area contributed by atoms with Crippen molar-refractivity contribution >= 4 is 34.8 Å². The van der Waals surface area contributed by atoms with Crippen LogP contribution in [0.25, 0.3) is 0 Å². The fourth-order valence-corrected chi connectivity index (χ4v) is 3.11. The molecule has 3 rings (SSSR count). The maximum absolute atomic E-state index is 12.6. The zero-order valence-electron chi connectivity index (χ0n) is 18.2. The first-order valence-electron chi connectivity index (χ1n) is 10.5. The maximum atomic E-state index is 12.6. The van der Waals surface area contributed by atoms with E-state index in [4.69, 9.17) is 21.7 Å². The number of para-hydroxylation sites is 1. The molecule has 3 N–H and O–H groups in total. The Balaban J connectivity index is 1.50. The van der Waals surface area contributed by atoms with Gasteiger partial charge >= 0.3 is 0 Å². The first-order chi connectivity index (χ1) is 16.0. The number of thiocarbonyl (C=S) groups is 1. The van der Waals surface area contributed by atoms with Crippen molar-refractivity contribution in [3.05, 3.63) is 90.0 Å². The van der Waals surface area contributed by atoms with Gasteiger partial charge in [0.25, 0.3) is 11.8 Å². The molecule has 0 unspecified atom stereocenters. The molecule has 3 aromatic rings. The van der Waals surface area contributed by atoms with Crippen molar-refractivity contribution in [2.75, 3.05) is 25.1 Å². The Morgan fingerprint density at radius 1 is 0.788 bits per heavy atom. The highest BCUT2D eigenvalue weighted by Crippen LogP contribution is 2.15. The van der Waals surface area contributed by atoms with Crippen LogP contribution in [0.2, 0.25) is 0 Å². The normalized spacial score (nSPS) is 10.1. The first-order valence-corrected chi connectivity index (χ1v) is 10.9. The predicted molar refractivity (Wildman–Crippen MR) is 132 cm³/mol. The molecule has 0 saturated heterocycles. The number of carbonyl (C=O) groups excluding carboxylic acids is 2. The second kappa shape index (κ2) is 12.2. The third-order valence-corrected chi connectivity index (χ3v) is 4.61. The molecule has 0 fully saturated rings. The van der Waals surface area contributed by atoms with Gasteiger partial charge in [0.2, 0.25) is 0 Å². The van der Waals surface area contributed by atoms with Gasteiger partial charge in [-0.25, -0.2) is 0 Å². The van der Waals surface area contributed by atoms with Crippen LogP contribution in [-0.4, -0.2) is 36.7 Å². The van der Waals surface area contributed by atoms with E-state index in [-0.39, 0.29) is 16.9 Å². The third kappa shape index (κ3) is 7.62. The molecule has 0 bridgehead atoms. The van der Waals surface area contributed by atoms with Crippen LogP contribution in [0.5, 0.6) is 11.5 Å². The summed E-state index contributed by atoms with van der Waals surface area (Å²) in [6, 6.07) is 23.1. The van der Waals surface area contributed by atoms with Crippen LogP contribution in [0.3, 0.4) is 0 Å². The lowest BCUT2D eigenvalue weighted by molar-refractivity contribution is 0.0953. The van der Waals surface area contributed by atoms with E-state index in [1.54, 1.807) is 48.5 Å². The average molecular weight is 464 g/mol. The van der Waals surface area contributed by atoms with Gasteiger partial charge in [-0.05, 0) is 67.7 Å². The number of ether oxygens (including phenoxy) is 2. The molecule has 0 spiro atoms. The molecule has 33 heavy (non-hydrogen) atoms. The highest BCUT2D eigenvalue weighted by atomic mass is 32.1. The molecule has 0 saturated carbocycles. The molecular formula is C25H25N3O4S. The molecule has 0 atom stereocenters.